The second-order valence-corrected chi connectivity index (χ2v) is 22.2. The number of ether oxygens (including phenoxy) is 2. The van der Waals surface area contributed by atoms with E-state index in [4.69, 9.17) is 9.47 Å². The van der Waals surface area contributed by atoms with Crippen LogP contribution in [-0.2, 0) is 47.8 Å². The number of rotatable bonds is 6. The van der Waals surface area contributed by atoms with Crippen LogP contribution in [0.15, 0.2) is 60.7 Å². The summed E-state index contributed by atoms with van der Waals surface area (Å²) in [6, 6.07) is 3.94. The van der Waals surface area contributed by atoms with Gasteiger partial charge in [0.05, 0.1) is 11.0 Å². The van der Waals surface area contributed by atoms with Gasteiger partial charge in [-0.25, -0.2) is 19.6 Å². The minimum absolute atomic E-state index is 0.191. The molecule has 0 aliphatic carbocycles. The van der Waals surface area contributed by atoms with Gasteiger partial charge in [0, 0.05) is 50.5 Å². The Kier molecular flexibility index (Phi) is 19.5. The van der Waals surface area contributed by atoms with Crippen LogP contribution in [0.25, 0.3) is 21.8 Å². The number of benzene rings is 2. The molecule has 2 aliphatic heterocycles. The quantitative estimate of drug-likeness (QED) is 0.117. The zero-order chi connectivity index (χ0) is 57.4. The number of para-hydroxylation sites is 2. The monoisotopic (exact) mass is 1120 g/mol. The Hall–Kier alpha value is -7.74. The number of likely N-dealkylation sites (N-methyl/N-ethyl adjacent to an activating group) is 4. The number of carbonyl (C=O) groups excluding carboxylic acids is 10. The summed E-state index contributed by atoms with van der Waals surface area (Å²) in [6.45, 7) is 7.39. The molecular formula is C52H64N10O14S2. The van der Waals surface area contributed by atoms with Crippen LogP contribution in [0.3, 0.4) is 0 Å². The van der Waals surface area contributed by atoms with Gasteiger partial charge in [0.15, 0.2) is 11.4 Å². The van der Waals surface area contributed by atoms with Crippen LogP contribution in [0.1, 0.15) is 62.5 Å². The zero-order valence-electron chi connectivity index (χ0n) is 44.7. The lowest BCUT2D eigenvalue weighted by atomic mass is 10.0. The van der Waals surface area contributed by atoms with Gasteiger partial charge in [-0.3, -0.25) is 38.4 Å². The van der Waals surface area contributed by atoms with E-state index < -0.39 is 155 Å². The highest BCUT2D eigenvalue weighted by Crippen LogP contribution is 2.29. The van der Waals surface area contributed by atoms with Crippen LogP contribution in [0.5, 0.6) is 11.5 Å². The fourth-order valence-electron chi connectivity index (χ4n) is 8.96. The number of esters is 2. The van der Waals surface area contributed by atoms with Crippen LogP contribution in [0.4, 0.5) is 0 Å². The van der Waals surface area contributed by atoms with Crippen molar-refractivity contribution in [1.82, 2.24) is 50.8 Å². The molecule has 8 atom stereocenters. The summed E-state index contributed by atoms with van der Waals surface area (Å²) < 4.78 is 11.4. The Balaban J connectivity index is 1.40. The first-order valence-corrected chi connectivity index (χ1v) is 27.4. The van der Waals surface area contributed by atoms with E-state index in [0.29, 0.717) is 21.8 Å². The Morgan fingerprint density at radius 1 is 0.577 bits per heavy atom. The highest BCUT2D eigenvalue weighted by molar-refractivity contribution is 8.76. The molecule has 2 aromatic carbocycles. The largest absolute Gasteiger partial charge is 0.505 e. The van der Waals surface area contributed by atoms with Crippen molar-refractivity contribution >= 4 is 103 Å². The van der Waals surface area contributed by atoms with E-state index in [1.807, 2.05) is 0 Å². The van der Waals surface area contributed by atoms with Crippen LogP contribution < -0.4 is 21.3 Å². The highest BCUT2D eigenvalue weighted by atomic mass is 33.1. The third-order valence-corrected chi connectivity index (χ3v) is 15.7. The number of nitrogens with zero attached hydrogens (tertiary/aromatic N) is 6. The first kappa shape index (κ1) is 59.5. The number of pyridine rings is 2. The maximum atomic E-state index is 14.9. The molecule has 2 bridgehead atoms. The molecule has 4 heterocycles. The molecule has 24 nitrogen and oxygen atoms in total. The van der Waals surface area contributed by atoms with Gasteiger partial charge < -0.3 is 60.6 Å². The highest BCUT2D eigenvalue weighted by Gasteiger charge is 2.43. The van der Waals surface area contributed by atoms with Gasteiger partial charge in [0.25, 0.3) is 11.8 Å². The zero-order valence-corrected chi connectivity index (χ0v) is 46.3. The van der Waals surface area contributed by atoms with E-state index in [0.717, 1.165) is 41.2 Å². The van der Waals surface area contributed by atoms with Crippen LogP contribution >= 0.6 is 21.6 Å². The lowest BCUT2D eigenvalue weighted by molar-refractivity contribution is -0.160. The van der Waals surface area contributed by atoms with Gasteiger partial charge in [-0.2, -0.15) is 0 Å². The van der Waals surface area contributed by atoms with Crippen molar-refractivity contribution in [1.29, 1.82) is 0 Å². The van der Waals surface area contributed by atoms with Crippen LogP contribution in [0, 0.1) is 11.8 Å². The molecule has 78 heavy (non-hydrogen) atoms. The van der Waals surface area contributed by atoms with Crippen molar-refractivity contribution < 1.29 is 67.6 Å². The van der Waals surface area contributed by atoms with E-state index in [-0.39, 0.29) is 11.5 Å². The minimum Gasteiger partial charge on any atom is -0.505 e. The number of carbonyl (C=O) groups is 10. The average molecular weight is 1120 g/mol. The molecule has 0 radical (unpaired) electrons. The number of fused-ring (bicyclic) bond motifs is 7. The van der Waals surface area contributed by atoms with E-state index in [2.05, 4.69) is 31.2 Å². The number of amides is 8. The Bertz CT molecular complexity index is 2800. The van der Waals surface area contributed by atoms with Crippen molar-refractivity contribution in [2.75, 3.05) is 52.9 Å². The molecule has 0 saturated carbocycles. The summed E-state index contributed by atoms with van der Waals surface area (Å²) >= 11 is 0. The fourth-order valence-corrected chi connectivity index (χ4v) is 11.5. The number of cyclic esters (lactones) is 2. The van der Waals surface area contributed by atoms with Crippen molar-refractivity contribution in [3.8, 4) is 11.5 Å². The predicted octanol–water partition coefficient (Wildman–Crippen LogP) is 1.22. The summed E-state index contributed by atoms with van der Waals surface area (Å²) in [7, 11) is 7.31. The van der Waals surface area contributed by atoms with Gasteiger partial charge in [-0.05, 0) is 49.9 Å². The maximum absolute atomic E-state index is 14.9. The second-order valence-electron chi connectivity index (χ2n) is 19.6. The smallest absolute Gasteiger partial charge is 0.329 e. The molecule has 0 spiro atoms. The third-order valence-electron chi connectivity index (χ3n) is 13.3. The molecule has 2 aromatic heterocycles. The van der Waals surface area contributed by atoms with Gasteiger partial charge in [0.2, 0.25) is 35.4 Å². The van der Waals surface area contributed by atoms with Crippen LogP contribution in [0.2, 0.25) is 0 Å². The summed E-state index contributed by atoms with van der Waals surface area (Å²) in [5.41, 5.74) is -0.283. The first-order chi connectivity index (χ1) is 36.8. The number of nitrogens with one attached hydrogen (secondary N) is 4. The molecule has 8 amide bonds. The number of aromatic nitrogens is 2. The van der Waals surface area contributed by atoms with E-state index in [1.54, 1.807) is 76.2 Å². The number of hydrogen-bond acceptors (Lipinski definition) is 18. The normalized spacial score (nSPS) is 24.4. The van der Waals surface area contributed by atoms with Gasteiger partial charge in [-0.1, -0.05) is 85.7 Å². The molecule has 4 aromatic rings. The molecule has 2 fully saturated rings. The first-order valence-electron chi connectivity index (χ1n) is 24.9. The van der Waals surface area contributed by atoms with Crippen molar-refractivity contribution in [2.24, 2.45) is 11.8 Å². The topological polar surface area (TPSA) is 316 Å². The molecule has 418 valence electrons. The van der Waals surface area contributed by atoms with E-state index in [9.17, 15) is 58.2 Å². The molecule has 6 N–H and O–H groups in total. The summed E-state index contributed by atoms with van der Waals surface area (Å²) in [5.74, 6) is -12.2. The van der Waals surface area contributed by atoms with Crippen molar-refractivity contribution in [3.05, 3.63) is 72.1 Å². The Morgan fingerprint density at radius 3 is 1.27 bits per heavy atom. The second kappa shape index (κ2) is 25.6. The Labute approximate surface area is 457 Å². The third kappa shape index (κ3) is 13.5. The van der Waals surface area contributed by atoms with Gasteiger partial charge >= 0.3 is 11.9 Å². The molecule has 0 unspecified atom stereocenters. The molecular weight excluding hydrogens is 1050 g/mol. The lowest BCUT2D eigenvalue weighted by Crippen LogP contribution is -2.60. The van der Waals surface area contributed by atoms with Crippen molar-refractivity contribution in [3.63, 3.8) is 0 Å². The SMILES string of the molecule is CC(C)[C@H]1C(=O)OC[C@@H](NC(=O)c2nc3ccccc3cc2O)C(=O)N[C@@H](C)C(=O)N(C)[C@H]2CSSC[C@@H](C(=O)N1C)N(C)C(=O)[C@H](C)NC(=O)[C@H](NC(=O)c1nc3ccccc3cc1O)COC(=O)[C@H](C(C)C)N(C)C2=O. The summed E-state index contributed by atoms with van der Waals surface area (Å²) in [5, 5.41) is 32.6. The average Bonchev–Trinajstić information content (AvgIpc) is 3.39. The van der Waals surface area contributed by atoms with Crippen molar-refractivity contribution in [2.45, 2.75) is 89.9 Å². The standard InChI is InChI=1S/C52H64N10O14S2/c1-25(2)41-51(73)75-21-33(57-45(67)39-37(63)19-29-15-11-13-17-31(29)55-39)43(65)53-28(6)48(70)60(8)36-24-78-77-23-35(49(71)61(41)9)59(7)47(69)27(5)54-44(66)34(22-76-52(74)42(26(3)4)62(10)50(36)72)58-46(68)40-38(64)20-30-16-12-14-18-32(30)56-40/h11-20,25-28,33-36,41-42,63-64H,21-24H2,1-10H3,(H,53,65)(H,54,66)(H,57,67)(H,58,68)/t27-,28-,33+,34+,35-,36-,41-,42-/m0/s1. The number of hydrogen-bond donors (Lipinski definition) is 6. The summed E-state index contributed by atoms with van der Waals surface area (Å²) in [6.07, 6.45) is 0. The van der Waals surface area contributed by atoms with Gasteiger partial charge in [-0.15, -0.1) is 0 Å². The van der Waals surface area contributed by atoms with E-state index >= 15 is 0 Å². The molecule has 6 rings (SSSR count). The molecule has 26 heteroatoms. The molecule has 2 aliphatic rings. The van der Waals surface area contributed by atoms with E-state index in [1.165, 1.54) is 54.2 Å². The Morgan fingerprint density at radius 2 is 0.923 bits per heavy atom. The minimum atomic E-state index is -1.75. The fraction of sp³-hybridized carbons (Fsp3) is 0.462. The van der Waals surface area contributed by atoms with Crippen LogP contribution in [-0.4, -0.2) is 200 Å². The molecule has 2 saturated heterocycles. The van der Waals surface area contributed by atoms with Gasteiger partial charge in [0.1, 0.15) is 73.0 Å². The number of aromatic hydroxyl groups is 2. The predicted molar refractivity (Wildman–Crippen MR) is 287 cm³/mol. The lowest BCUT2D eigenvalue weighted by Gasteiger charge is -2.37. The maximum Gasteiger partial charge on any atom is 0.329 e. The summed E-state index contributed by atoms with van der Waals surface area (Å²) in [4.78, 5) is 156.